The second kappa shape index (κ2) is 10.8. The van der Waals surface area contributed by atoms with Crippen LogP contribution in [0.1, 0.15) is 12.0 Å². The van der Waals surface area contributed by atoms with Crippen LogP contribution >= 0.6 is 11.8 Å². The van der Waals surface area contributed by atoms with Crippen LogP contribution in [0.5, 0.6) is 0 Å². The highest BCUT2D eigenvalue weighted by Gasteiger charge is 2.12. The summed E-state index contributed by atoms with van der Waals surface area (Å²) < 4.78 is 5.37. The van der Waals surface area contributed by atoms with Crippen molar-refractivity contribution >= 4 is 23.6 Å². The van der Waals surface area contributed by atoms with Crippen LogP contribution in [0.4, 0.5) is 10.6 Å². The van der Waals surface area contributed by atoms with E-state index in [1.165, 1.54) is 4.90 Å². The number of thioether (sulfide) groups is 1. The van der Waals surface area contributed by atoms with Gasteiger partial charge in [-0.05, 0) is 42.0 Å². The van der Waals surface area contributed by atoms with Gasteiger partial charge in [0.25, 0.3) is 0 Å². The van der Waals surface area contributed by atoms with Crippen LogP contribution in [-0.2, 0) is 11.3 Å². The lowest BCUT2D eigenvalue weighted by atomic mass is 10.2. The summed E-state index contributed by atoms with van der Waals surface area (Å²) in [6, 6.07) is 14.1. The van der Waals surface area contributed by atoms with Gasteiger partial charge in [-0.1, -0.05) is 18.2 Å². The summed E-state index contributed by atoms with van der Waals surface area (Å²) in [6.45, 7) is 4.33. The van der Waals surface area contributed by atoms with E-state index >= 15 is 0 Å². The summed E-state index contributed by atoms with van der Waals surface area (Å²) in [4.78, 5) is 19.9. The van der Waals surface area contributed by atoms with Crippen LogP contribution < -0.4 is 15.5 Å². The largest absolute Gasteiger partial charge is 0.378 e. The van der Waals surface area contributed by atoms with E-state index in [1.54, 1.807) is 18.0 Å². The van der Waals surface area contributed by atoms with E-state index < -0.39 is 0 Å². The number of morpholine rings is 1. The second-order valence-electron chi connectivity index (χ2n) is 6.25. The molecule has 0 saturated carbocycles. The van der Waals surface area contributed by atoms with E-state index in [2.05, 4.69) is 32.7 Å². The number of nitrogens with zero attached hydrogens (tertiary/aromatic N) is 2. The molecule has 7 heteroatoms. The maximum Gasteiger partial charge on any atom is 0.315 e. The van der Waals surface area contributed by atoms with Crippen molar-refractivity contribution < 1.29 is 9.53 Å². The molecule has 3 rings (SSSR count). The molecule has 27 heavy (non-hydrogen) atoms. The van der Waals surface area contributed by atoms with Gasteiger partial charge in [-0.3, -0.25) is 0 Å². The number of carbonyl (C=O) groups is 1. The highest BCUT2D eigenvalue weighted by molar-refractivity contribution is 7.99. The molecule has 1 aliphatic rings. The van der Waals surface area contributed by atoms with E-state index in [0.717, 1.165) is 49.9 Å². The molecule has 0 radical (unpaired) electrons. The average molecular weight is 387 g/mol. The molecule has 2 aromatic rings. The first-order valence-corrected chi connectivity index (χ1v) is 10.3. The Kier molecular flexibility index (Phi) is 7.80. The molecule has 2 N–H and O–H groups in total. The van der Waals surface area contributed by atoms with Crippen molar-refractivity contribution in [2.45, 2.75) is 17.9 Å². The van der Waals surface area contributed by atoms with Crippen molar-refractivity contribution in [3.8, 4) is 0 Å². The van der Waals surface area contributed by atoms with Crippen molar-refractivity contribution in [1.29, 1.82) is 0 Å². The summed E-state index contributed by atoms with van der Waals surface area (Å²) in [5, 5.41) is 5.82. The number of ether oxygens (including phenoxy) is 1. The summed E-state index contributed by atoms with van der Waals surface area (Å²) in [7, 11) is 0. The molecule has 1 aromatic heterocycles. The van der Waals surface area contributed by atoms with Crippen molar-refractivity contribution in [2.24, 2.45) is 0 Å². The minimum atomic E-state index is -0.135. The molecule has 144 valence electrons. The Morgan fingerprint density at radius 3 is 2.78 bits per heavy atom. The molecular weight excluding hydrogens is 360 g/mol. The highest BCUT2D eigenvalue weighted by Crippen LogP contribution is 2.17. The van der Waals surface area contributed by atoms with Crippen molar-refractivity contribution in [2.75, 3.05) is 43.5 Å². The minimum Gasteiger partial charge on any atom is -0.378 e. The summed E-state index contributed by atoms with van der Waals surface area (Å²) >= 11 is 1.81. The lowest BCUT2D eigenvalue weighted by molar-refractivity contribution is 0.122. The van der Waals surface area contributed by atoms with E-state index in [1.807, 2.05) is 30.3 Å². The fraction of sp³-hybridized carbons (Fsp3) is 0.400. The zero-order valence-electron chi connectivity index (χ0n) is 15.4. The lowest BCUT2D eigenvalue weighted by Gasteiger charge is -2.28. The molecule has 0 spiro atoms. The SMILES string of the molecule is O=C(NCCCSc1ccccc1)NCc1ccnc(N2CCOCC2)c1. The van der Waals surface area contributed by atoms with Crippen LogP contribution in [0, 0.1) is 0 Å². The second-order valence-corrected chi connectivity index (χ2v) is 7.41. The lowest BCUT2D eigenvalue weighted by Crippen LogP contribution is -2.37. The normalized spacial score (nSPS) is 14.0. The predicted molar refractivity (Wildman–Crippen MR) is 109 cm³/mol. The molecule has 0 bridgehead atoms. The van der Waals surface area contributed by atoms with Crippen LogP contribution in [0.2, 0.25) is 0 Å². The summed E-state index contributed by atoms with van der Waals surface area (Å²) in [5.74, 6) is 1.92. The van der Waals surface area contributed by atoms with Gasteiger partial charge in [0.2, 0.25) is 0 Å². The molecule has 0 atom stereocenters. The Morgan fingerprint density at radius 2 is 1.96 bits per heavy atom. The van der Waals surface area contributed by atoms with Gasteiger partial charge in [0.1, 0.15) is 5.82 Å². The number of pyridine rings is 1. The number of nitrogens with one attached hydrogen (secondary N) is 2. The first-order chi connectivity index (χ1) is 13.3. The predicted octanol–water partition coefficient (Wildman–Crippen LogP) is 2.90. The Morgan fingerprint density at radius 1 is 1.15 bits per heavy atom. The van der Waals surface area contributed by atoms with Crippen molar-refractivity contribution in [3.63, 3.8) is 0 Å². The fourth-order valence-corrected chi connectivity index (χ4v) is 3.64. The Hall–Kier alpha value is -2.25. The molecular formula is C20H26N4O2S. The molecule has 1 saturated heterocycles. The Balaban J connectivity index is 1.33. The van der Waals surface area contributed by atoms with Gasteiger partial charge >= 0.3 is 6.03 Å². The van der Waals surface area contributed by atoms with Gasteiger partial charge in [0.05, 0.1) is 13.2 Å². The van der Waals surface area contributed by atoms with Crippen LogP contribution in [0.3, 0.4) is 0 Å². The van der Waals surface area contributed by atoms with Crippen LogP contribution in [0.25, 0.3) is 0 Å². The van der Waals surface area contributed by atoms with Gasteiger partial charge in [0, 0.05) is 37.3 Å². The molecule has 1 aromatic carbocycles. The third-order valence-electron chi connectivity index (χ3n) is 4.22. The third-order valence-corrected chi connectivity index (χ3v) is 5.31. The third kappa shape index (κ3) is 6.77. The Bertz CT molecular complexity index is 708. The standard InChI is InChI=1S/C20H26N4O2S/c25-20(22-8-4-14-27-18-5-2-1-3-6-18)23-16-17-7-9-21-19(15-17)24-10-12-26-13-11-24/h1-3,5-7,9,15H,4,8,10-14,16H2,(H2,22,23,25). The van der Waals surface area contributed by atoms with E-state index in [9.17, 15) is 4.79 Å². The quantitative estimate of drug-likeness (QED) is 0.539. The number of carbonyl (C=O) groups excluding carboxylic acids is 1. The number of rotatable bonds is 8. The molecule has 0 unspecified atom stereocenters. The number of amides is 2. The van der Waals surface area contributed by atoms with Crippen molar-refractivity contribution in [1.82, 2.24) is 15.6 Å². The number of hydrogen-bond donors (Lipinski definition) is 2. The van der Waals surface area contributed by atoms with E-state index in [0.29, 0.717) is 13.1 Å². The Labute approximate surface area is 164 Å². The van der Waals surface area contributed by atoms with Crippen molar-refractivity contribution in [3.05, 3.63) is 54.2 Å². The summed E-state index contributed by atoms with van der Waals surface area (Å²) in [6.07, 6.45) is 2.73. The first kappa shape index (κ1) is 19.5. The van der Waals surface area contributed by atoms with Gasteiger partial charge < -0.3 is 20.3 Å². The topological polar surface area (TPSA) is 66.5 Å². The molecule has 2 amide bonds. The first-order valence-electron chi connectivity index (χ1n) is 9.28. The summed E-state index contributed by atoms with van der Waals surface area (Å²) in [5.41, 5.74) is 1.04. The molecule has 1 fully saturated rings. The van der Waals surface area contributed by atoms with Crippen LogP contribution in [-0.4, -0.2) is 49.6 Å². The maximum absolute atomic E-state index is 12.0. The number of anilines is 1. The van der Waals surface area contributed by atoms with E-state index in [-0.39, 0.29) is 6.03 Å². The number of aromatic nitrogens is 1. The maximum atomic E-state index is 12.0. The number of benzene rings is 1. The number of hydrogen-bond acceptors (Lipinski definition) is 5. The van der Waals surface area contributed by atoms with Gasteiger partial charge in [-0.25, -0.2) is 9.78 Å². The number of urea groups is 1. The molecule has 0 aliphatic carbocycles. The van der Waals surface area contributed by atoms with E-state index in [4.69, 9.17) is 4.74 Å². The molecule has 6 nitrogen and oxygen atoms in total. The average Bonchev–Trinajstić information content (AvgIpc) is 2.74. The van der Waals surface area contributed by atoms with Gasteiger partial charge in [-0.15, -0.1) is 11.8 Å². The zero-order valence-corrected chi connectivity index (χ0v) is 16.2. The molecule has 1 aliphatic heterocycles. The van der Waals surface area contributed by atoms with Crippen LogP contribution in [0.15, 0.2) is 53.6 Å². The monoisotopic (exact) mass is 386 g/mol. The minimum absolute atomic E-state index is 0.135. The highest BCUT2D eigenvalue weighted by atomic mass is 32.2. The van der Waals surface area contributed by atoms with Gasteiger partial charge in [0.15, 0.2) is 0 Å². The van der Waals surface area contributed by atoms with Gasteiger partial charge in [-0.2, -0.15) is 0 Å². The zero-order chi connectivity index (χ0) is 18.7. The molecule has 2 heterocycles. The smallest absolute Gasteiger partial charge is 0.315 e. The fourth-order valence-electron chi connectivity index (χ4n) is 2.76.